The van der Waals surface area contributed by atoms with Crippen LogP contribution in [0, 0.1) is 0 Å². The van der Waals surface area contributed by atoms with Crippen molar-refractivity contribution in [2.24, 2.45) is 0 Å². The quantitative estimate of drug-likeness (QED) is 0.279. The molecule has 0 aromatic heterocycles. The van der Waals surface area contributed by atoms with Crippen molar-refractivity contribution in [2.75, 3.05) is 14.2 Å². The molecule has 0 saturated carbocycles. The highest BCUT2D eigenvalue weighted by Crippen LogP contribution is 2.26. The van der Waals surface area contributed by atoms with E-state index in [0.717, 1.165) is 38.5 Å². The zero-order chi connectivity index (χ0) is 25.0. The number of ketones is 2. The topological polar surface area (TPSA) is 52.6 Å². The maximum Gasteiger partial charge on any atom is 0.191 e. The SMILES string of the molecule is COC1C(=O)C(C)=C(CC=C(C)CCC=C(C)CCC=C(C)CCC=C(C)C)C(=O)C1OC. The molecular weight excluding hydrogens is 412 g/mol. The van der Waals surface area contributed by atoms with Crippen molar-refractivity contribution in [1.82, 2.24) is 0 Å². The Bertz CT molecular complexity index is 832. The summed E-state index contributed by atoms with van der Waals surface area (Å²) >= 11 is 0. The molecule has 0 aromatic rings. The molecule has 4 heteroatoms. The fraction of sp³-hybridized carbons (Fsp3) is 0.586. The molecule has 2 unspecified atom stereocenters. The fourth-order valence-corrected chi connectivity index (χ4v) is 3.97. The van der Waals surface area contributed by atoms with Crippen LogP contribution in [0.5, 0.6) is 0 Å². The predicted octanol–water partition coefficient (Wildman–Crippen LogP) is 7.02. The summed E-state index contributed by atoms with van der Waals surface area (Å²) in [5.74, 6) is -0.310. The lowest BCUT2D eigenvalue weighted by molar-refractivity contribution is -0.146. The normalized spacial score (nSPS) is 20.5. The summed E-state index contributed by atoms with van der Waals surface area (Å²) in [5.41, 5.74) is 6.51. The highest BCUT2D eigenvalue weighted by atomic mass is 16.5. The minimum absolute atomic E-state index is 0.148. The minimum Gasteiger partial charge on any atom is -0.370 e. The van der Waals surface area contributed by atoms with Crippen LogP contribution in [0.15, 0.2) is 57.7 Å². The van der Waals surface area contributed by atoms with Crippen LogP contribution >= 0.6 is 0 Å². The molecule has 0 heterocycles. The Morgan fingerprint density at radius 1 is 0.697 bits per heavy atom. The Balaban J connectivity index is 2.55. The molecule has 0 aromatic carbocycles. The molecule has 0 radical (unpaired) electrons. The van der Waals surface area contributed by atoms with E-state index in [4.69, 9.17) is 9.47 Å². The van der Waals surface area contributed by atoms with E-state index in [-0.39, 0.29) is 11.6 Å². The molecule has 184 valence electrons. The van der Waals surface area contributed by atoms with E-state index in [1.807, 2.05) is 0 Å². The van der Waals surface area contributed by atoms with E-state index in [1.165, 1.54) is 36.5 Å². The molecular formula is C29H44O4. The van der Waals surface area contributed by atoms with Gasteiger partial charge in [-0.1, -0.05) is 46.6 Å². The van der Waals surface area contributed by atoms with Crippen LogP contribution in [0.2, 0.25) is 0 Å². The van der Waals surface area contributed by atoms with Crippen molar-refractivity contribution < 1.29 is 19.1 Å². The molecule has 1 aliphatic rings. The fourth-order valence-electron chi connectivity index (χ4n) is 3.97. The van der Waals surface area contributed by atoms with E-state index in [1.54, 1.807) is 6.92 Å². The van der Waals surface area contributed by atoms with E-state index in [9.17, 15) is 9.59 Å². The van der Waals surface area contributed by atoms with Crippen molar-refractivity contribution in [3.05, 3.63) is 57.7 Å². The van der Waals surface area contributed by atoms with Crippen LogP contribution in [0.25, 0.3) is 0 Å². The Morgan fingerprint density at radius 2 is 1.12 bits per heavy atom. The molecule has 0 fully saturated rings. The van der Waals surface area contributed by atoms with Gasteiger partial charge in [0.1, 0.15) is 0 Å². The van der Waals surface area contributed by atoms with E-state index < -0.39 is 12.2 Å². The zero-order valence-corrected chi connectivity index (χ0v) is 22.0. The molecule has 1 aliphatic carbocycles. The molecule has 0 N–H and O–H groups in total. The van der Waals surface area contributed by atoms with Crippen molar-refractivity contribution in [1.29, 1.82) is 0 Å². The second-order valence-electron chi connectivity index (χ2n) is 9.40. The molecule has 0 aliphatic heterocycles. The van der Waals surface area contributed by atoms with Gasteiger partial charge in [0.2, 0.25) is 0 Å². The summed E-state index contributed by atoms with van der Waals surface area (Å²) in [7, 11) is 2.88. The first-order chi connectivity index (χ1) is 15.6. The van der Waals surface area contributed by atoms with Gasteiger partial charge < -0.3 is 9.47 Å². The maximum atomic E-state index is 12.8. The Labute approximate surface area is 201 Å². The molecule has 1 rings (SSSR count). The molecule has 0 saturated heterocycles. The summed E-state index contributed by atoms with van der Waals surface area (Å²) in [6.45, 7) is 12.5. The number of methoxy groups -OCH3 is 2. The van der Waals surface area contributed by atoms with Crippen LogP contribution in [-0.2, 0) is 19.1 Å². The van der Waals surface area contributed by atoms with Gasteiger partial charge in [0.15, 0.2) is 23.8 Å². The van der Waals surface area contributed by atoms with Crippen LogP contribution < -0.4 is 0 Å². The summed E-state index contributed by atoms with van der Waals surface area (Å²) in [6.07, 6.45) is 14.1. The Hall–Kier alpha value is -2.04. The van der Waals surface area contributed by atoms with Gasteiger partial charge in [-0.05, 0) is 86.5 Å². The standard InChI is InChI=1S/C29H44O4/c1-20(2)12-9-13-21(3)14-10-15-22(4)16-11-17-23(5)18-19-25-24(6)26(30)28(32-7)29(33-8)27(25)31/h12,14,16,18,28-29H,9-11,13,15,17,19H2,1-8H3. The van der Waals surface area contributed by atoms with Gasteiger partial charge in [0.05, 0.1) is 0 Å². The van der Waals surface area contributed by atoms with Gasteiger partial charge in [0.25, 0.3) is 0 Å². The van der Waals surface area contributed by atoms with E-state index >= 15 is 0 Å². The number of hydrogen-bond acceptors (Lipinski definition) is 4. The van der Waals surface area contributed by atoms with E-state index in [2.05, 4.69) is 58.9 Å². The first kappa shape index (κ1) is 29.0. The van der Waals surface area contributed by atoms with Crippen LogP contribution in [0.1, 0.15) is 86.5 Å². The summed E-state index contributed by atoms with van der Waals surface area (Å²) in [4.78, 5) is 25.3. The van der Waals surface area contributed by atoms with Gasteiger partial charge >= 0.3 is 0 Å². The number of carbonyl (C=O) groups is 2. The van der Waals surface area contributed by atoms with Crippen LogP contribution in [-0.4, -0.2) is 38.0 Å². The third-order valence-corrected chi connectivity index (χ3v) is 6.23. The van der Waals surface area contributed by atoms with Crippen LogP contribution in [0.3, 0.4) is 0 Å². The lowest BCUT2D eigenvalue weighted by Gasteiger charge is -2.29. The maximum absolute atomic E-state index is 12.8. The van der Waals surface area contributed by atoms with Gasteiger partial charge in [-0.25, -0.2) is 0 Å². The molecule has 2 atom stereocenters. The number of allylic oxidation sites excluding steroid dienone is 8. The lowest BCUT2D eigenvalue weighted by atomic mass is 9.84. The molecule has 0 bridgehead atoms. The number of hydrogen-bond donors (Lipinski definition) is 0. The Kier molecular flexibility index (Phi) is 13.2. The molecule has 0 spiro atoms. The summed E-state index contributed by atoms with van der Waals surface area (Å²) in [6, 6.07) is 0. The Morgan fingerprint density at radius 3 is 1.58 bits per heavy atom. The predicted molar refractivity (Wildman–Crippen MR) is 137 cm³/mol. The zero-order valence-electron chi connectivity index (χ0n) is 22.0. The number of rotatable bonds is 13. The third-order valence-electron chi connectivity index (χ3n) is 6.23. The first-order valence-electron chi connectivity index (χ1n) is 12.1. The minimum atomic E-state index is -0.856. The number of carbonyl (C=O) groups excluding carboxylic acids is 2. The van der Waals surface area contributed by atoms with Gasteiger partial charge in [-0.2, -0.15) is 0 Å². The molecule has 33 heavy (non-hydrogen) atoms. The summed E-state index contributed by atoms with van der Waals surface area (Å²) < 4.78 is 10.5. The van der Waals surface area contributed by atoms with Crippen LogP contribution in [0.4, 0.5) is 0 Å². The van der Waals surface area contributed by atoms with Gasteiger partial charge in [-0.3, -0.25) is 9.59 Å². The number of Topliss-reactive ketones (excluding diaryl/α,β-unsaturated/α-hetero) is 2. The second-order valence-corrected chi connectivity index (χ2v) is 9.40. The average Bonchev–Trinajstić information content (AvgIpc) is 2.75. The van der Waals surface area contributed by atoms with Gasteiger partial charge in [0, 0.05) is 25.4 Å². The molecule has 0 amide bonds. The second kappa shape index (κ2) is 15.0. The average molecular weight is 457 g/mol. The summed E-state index contributed by atoms with van der Waals surface area (Å²) in [5, 5.41) is 0. The van der Waals surface area contributed by atoms with E-state index in [0.29, 0.717) is 17.6 Å². The van der Waals surface area contributed by atoms with Crippen molar-refractivity contribution in [3.8, 4) is 0 Å². The lowest BCUT2D eigenvalue weighted by Crippen LogP contribution is -2.47. The smallest absolute Gasteiger partial charge is 0.191 e. The highest BCUT2D eigenvalue weighted by molar-refractivity contribution is 6.16. The van der Waals surface area contributed by atoms with Crippen molar-refractivity contribution >= 4 is 11.6 Å². The van der Waals surface area contributed by atoms with Gasteiger partial charge in [-0.15, -0.1) is 0 Å². The highest BCUT2D eigenvalue weighted by Gasteiger charge is 2.41. The monoisotopic (exact) mass is 456 g/mol. The van der Waals surface area contributed by atoms with Crippen molar-refractivity contribution in [2.45, 2.75) is 98.7 Å². The largest absolute Gasteiger partial charge is 0.370 e. The number of ether oxygens (including phenoxy) is 2. The van der Waals surface area contributed by atoms with Crippen molar-refractivity contribution in [3.63, 3.8) is 0 Å². The third kappa shape index (κ3) is 9.77. The molecule has 4 nitrogen and oxygen atoms in total. The first-order valence-corrected chi connectivity index (χ1v) is 12.1.